The minimum Gasteiger partial charge on any atom is -0.379 e. The number of hydrogen-bond acceptors (Lipinski definition) is 3. The van der Waals surface area contributed by atoms with E-state index in [1.807, 2.05) is 12.4 Å². The summed E-state index contributed by atoms with van der Waals surface area (Å²) in [5.74, 6) is 0. The SMILES string of the molecule is C=Cn1cc(CNCCCCOC(C)C)cn1. The molecule has 0 bridgehead atoms. The molecule has 1 heterocycles. The first kappa shape index (κ1) is 13.9. The summed E-state index contributed by atoms with van der Waals surface area (Å²) < 4.78 is 7.19. The number of ether oxygens (including phenoxy) is 1. The lowest BCUT2D eigenvalue weighted by molar-refractivity contribution is 0.0760. The van der Waals surface area contributed by atoms with Crippen LogP contribution in [-0.2, 0) is 11.3 Å². The summed E-state index contributed by atoms with van der Waals surface area (Å²) in [6, 6.07) is 0. The fourth-order valence-corrected chi connectivity index (χ4v) is 1.47. The first-order chi connectivity index (χ1) is 8.22. The van der Waals surface area contributed by atoms with Crippen LogP contribution in [0.15, 0.2) is 19.0 Å². The summed E-state index contributed by atoms with van der Waals surface area (Å²) in [5, 5.41) is 7.51. The van der Waals surface area contributed by atoms with E-state index in [0.717, 1.165) is 32.5 Å². The van der Waals surface area contributed by atoms with Crippen LogP contribution in [0, 0.1) is 0 Å². The topological polar surface area (TPSA) is 39.1 Å². The standard InChI is InChI=1S/C13H23N3O/c1-4-16-11-13(10-15-16)9-14-7-5-6-8-17-12(2)3/h4,10-12,14H,1,5-9H2,2-3H3. The van der Waals surface area contributed by atoms with Gasteiger partial charge in [0.05, 0.1) is 12.3 Å². The Hall–Kier alpha value is -1.13. The van der Waals surface area contributed by atoms with Gasteiger partial charge in [-0.3, -0.25) is 0 Å². The van der Waals surface area contributed by atoms with Crippen LogP contribution in [0.25, 0.3) is 6.20 Å². The highest BCUT2D eigenvalue weighted by Gasteiger charge is 1.96. The third kappa shape index (κ3) is 6.24. The van der Waals surface area contributed by atoms with Crippen molar-refractivity contribution in [1.29, 1.82) is 0 Å². The highest BCUT2D eigenvalue weighted by atomic mass is 16.5. The number of nitrogens with zero attached hydrogens (tertiary/aromatic N) is 2. The fourth-order valence-electron chi connectivity index (χ4n) is 1.47. The lowest BCUT2D eigenvalue weighted by Crippen LogP contribution is -2.15. The smallest absolute Gasteiger partial charge is 0.0538 e. The number of rotatable bonds is 9. The van der Waals surface area contributed by atoms with Crippen molar-refractivity contribution >= 4 is 6.20 Å². The van der Waals surface area contributed by atoms with Gasteiger partial charge in [0, 0.05) is 31.1 Å². The van der Waals surface area contributed by atoms with Crippen LogP contribution < -0.4 is 5.32 Å². The molecule has 1 rings (SSSR count). The summed E-state index contributed by atoms with van der Waals surface area (Å²) >= 11 is 0. The predicted octanol–water partition coefficient (Wildman–Crippen LogP) is 2.28. The third-order valence-corrected chi connectivity index (χ3v) is 2.37. The number of aromatic nitrogens is 2. The van der Waals surface area contributed by atoms with E-state index in [1.54, 1.807) is 10.9 Å². The minimum atomic E-state index is 0.340. The molecule has 4 heteroatoms. The van der Waals surface area contributed by atoms with Gasteiger partial charge >= 0.3 is 0 Å². The Morgan fingerprint density at radius 3 is 3.00 bits per heavy atom. The Morgan fingerprint density at radius 1 is 1.53 bits per heavy atom. The molecule has 0 saturated heterocycles. The molecule has 1 aromatic heterocycles. The number of hydrogen-bond donors (Lipinski definition) is 1. The van der Waals surface area contributed by atoms with E-state index in [1.165, 1.54) is 5.56 Å². The van der Waals surface area contributed by atoms with Crippen molar-refractivity contribution in [3.8, 4) is 0 Å². The highest BCUT2D eigenvalue weighted by molar-refractivity contribution is 5.17. The lowest BCUT2D eigenvalue weighted by Gasteiger charge is -2.07. The molecule has 1 N–H and O–H groups in total. The monoisotopic (exact) mass is 237 g/mol. The van der Waals surface area contributed by atoms with Crippen LogP contribution in [0.2, 0.25) is 0 Å². The summed E-state index contributed by atoms with van der Waals surface area (Å²) in [6.45, 7) is 10.5. The van der Waals surface area contributed by atoms with Crippen molar-refractivity contribution < 1.29 is 4.74 Å². The molecule has 4 nitrogen and oxygen atoms in total. The second-order valence-corrected chi connectivity index (χ2v) is 4.31. The van der Waals surface area contributed by atoms with Crippen LogP contribution >= 0.6 is 0 Å². The van der Waals surface area contributed by atoms with Crippen molar-refractivity contribution in [2.24, 2.45) is 0 Å². The van der Waals surface area contributed by atoms with Crippen molar-refractivity contribution in [3.05, 3.63) is 24.5 Å². The summed E-state index contributed by atoms with van der Waals surface area (Å²) in [5.41, 5.74) is 1.18. The van der Waals surface area contributed by atoms with Crippen LogP contribution in [0.4, 0.5) is 0 Å². The molecule has 0 aliphatic rings. The zero-order valence-electron chi connectivity index (χ0n) is 10.9. The molecule has 1 aromatic rings. The molecular formula is C13H23N3O. The fraction of sp³-hybridized carbons (Fsp3) is 0.615. The zero-order chi connectivity index (χ0) is 12.5. The van der Waals surface area contributed by atoms with E-state index in [4.69, 9.17) is 4.74 Å². The van der Waals surface area contributed by atoms with Gasteiger partial charge in [-0.05, 0) is 33.2 Å². The molecule has 17 heavy (non-hydrogen) atoms. The Balaban J connectivity index is 1.99. The van der Waals surface area contributed by atoms with Gasteiger partial charge < -0.3 is 10.1 Å². The Labute approximate surface area is 104 Å². The second kappa shape index (κ2) is 8.03. The van der Waals surface area contributed by atoms with Gasteiger partial charge in [0.15, 0.2) is 0 Å². The maximum atomic E-state index is 5.47. The molecule has 0 aromatic carbocycles. The molecule has 0 spiro atoms. The number of nitrogens with one attached hydrogen (secondary N) is 1. The molecule has 0 atom stereocenters. The second-order valence-electron chi connectivity index (χ2n) is 4.31. The molecule has 0 amide bonds. The molecular weight excluding hydrogens is 214 g/mol. The van der Waals surface area contributed by atoms with E-state index in [2.05, 4.69) is 30.8 Å². The predicted molar refractivity (Wildman–Crippen MR) is 70.6 cm³/mol. The van der Waals surface area contributed by atoms with Gasteiger partial charge in [0.25, 0.3) is 0 Å². The lowest BCUT2D eigenvalue weighted by atomic mass is 10.3. The molecule has 0 fully saturated rings. The quantitative estimate of drug-likeness (QED) is 0.670. The van der Waals surface area contributed by atoms with Crippen molar-refractivity contribution in [1.82, 2.24) is 15.1 Å². The van der Waals surface area contributed by atoms with Gasteiger partial charge in [-0.25, -0.2) is 4.68 Å². The molecule has 0 unspecified atom stereocenters. The van der Waals surface area contributed by atoms with Crippen molar-refractivity contribution in [2.45, 2.75) is 39.3 Å². The number of unbranched alkanes of at least 4 members (excludes halogenated alkanes) is 1. The molecule has 0 saturated carbocycles. The van der Waals surface area contributed by atoms with Gasteiger partial charge in [0.2, 0.25) is 0 Å². The molecule has 0 aliphatic heterocycles. The van der Waals surface area contributed by atoms with Crippen molar-refractivity contribution in [3.63, 3.8) is 0 Å². The minimum absolute atomic E-state index is 0.340. The average Bonchev–Trinajstić information content (AvgIpc) is 2.75. The summed E-state index contributed by atoms with van der Waals surface area (Å²) in [4.78, 5) is 0. The van der Waals surface area contributed by atoms with Crippen LogP contribution in [0.3, 0.4) is 0 Å². The Morgan fingerprint density at radius 2 is 2.35 bits per heavy atom. The maximum absolute atomic E-state index is 5.47. The van der Waals surface area contributed by atoms with Crippen LogP contribution in [0.1, 0.15) is 32.3 Å². The highest BCUT2D eigenvalue weighted by Crippen LogP contribution is 1.98. The Bertz CT molecular complexity index is 320. The first-order valence-corrected chi connectivity index (χ1v) is 6.20. The summed E-state index contributed by atoms with van der Waals surface area (Å²) in [6.07, 6.45) is 8.11. The Kier molecular flexibility index (Phi) is 6.58. The zero-order valence-corrected chi connectivity index (χ0v) is 10.9. The molecule has 96 valence electrons. The van der Waals surface area contributed by atoms with E-state index in [9.17, 15) is 0 Å². The van der Waals surface area contributed by atoms with Crippen molar-refractivity contribution in [2.75, 3.05) is 13.2 Å². The van der Waals surface area contributed by atoms with Crippen LogP contribution in [0.5, 0.6) is 0 Å². The maximum Gasteiger partial charge on any atom is 0.0538 e. The van der Waals surface area contributed by atoms with E-state index in [-0.39, 0.29) is 0 Å². The van der Waals surface area contributed by atoms with Gasteiger partial charge in [-0.2, -0.15) is 5.10 Å². The molecule has 0 radical (unpaired) electrons. The summed E-state index contributed by atoms with van der Waals surface area (Å²) in [7, 11) is 0. The normalized spacial score (nSPS) is 11.0. The third-order valence-electron chi connectivity index (χ3n) is 2.37. The van der Waals surface area contributed by atoms with Gasteiger partial charge in [-0.15, -0.1) is 0 Å². The van der Waals surface area contributed by atoms with Gasteiger partial charge in [-0.1, -0.05) is 6.58 Å². The molecule has 0 aliphatic carbocycles. The average molecular weight is 237 g/mol. The van der Waals surface area contributed by atoms with Crippen LogP contribution in [-0.4, -0.2) is 29.0 Å². The van der Waals surface area contributed by atoms with Gasteiger partial charge in [0.1, 0.15) is 0 Å². The van der Waals surface area contributed by atoms with E-state index >= 15 is 0 Å². The van der Waals surface area contributed by atoms with E-state index < -0.39 is 0 Å². The largest absolute Gasteiger partial charge is 0.379 e. The van der Waals surface area contributed by atoms with E-state index in [0.29, 0.717) is 6.10 Å². The first-order valence-electron chi connectivity index (χ1n) is 6.20.